The molecule has 2 heterocycles. The van der Waals surface area contributed by atoms with E-state index in [0.29, 0.717) is 43.9 Å². The van der Waals surface area contributed by atoms with Crippen molar-refractivity contribution in [3.05, 3.63) is 47.3 Å². The maximum absolute atomic E-state index is 13.5. The summed E-state index contributed by atoms with van der Waals surface area (Å²) in [6.45, 7) is 5.32. The Balaban J connectivity index is 1.59. The van der Waals surface area contributed by atoms with Gasteiger partial charge in [-0.1, -0.05) is 0 Å². The molecule has 9 nitrogen and oxygen atoms in total. The third-order valence-electron chi connectivity index (χ3n) is 6.78. The summed E-state index contributed by atoms with van der Waals surface area (Å²) in [7, 11) is 1.28. The molecule has 208 valence electrons. The van der Waals surface area contributed by atoms with Crippen LogP contribution in [0.15, 0.2) is 30.3 Å². The van der Waals surface area contributed by atoms with Crippen LogP contribution in [0.25, 0.3) is 5.69 Å². The average molecular weight is 538 g/mol. The number of nitrogens with one attached hydrogen (secondary N) is 2. The van der Waals surface area contributed by atoms with Crippen molar-refractivity contribution in [1.82, 2.24) is 25.3 Å². The molecule has 0 spiro atoms. The summed E-state index contributed by atoms with van der Waals surface area (Å²) < 4.78 is 51.5. The predicted molar refractivity (Wildman–Crippen MR) is 133 cm³/mol. The molecule has 38 heavy (non-hydrogen) atoms. The molecule has 1 saturated heterocycles. The van der Waals surface area contributed by atoms with Crippen LogP contribution in [0, 0.1) is 0 Å². The molecule has 2 N–H and O–H groups in total. The highest BCUT2D eigenvalue weighted by molar-refractivity contribution is 5.82. The molecule has 0 unspecified atom stereocenters. The molecule has 2 fully saturated rings. The van der Waals surface area contributed by atoms with Gasteiger partial charge in [-0.05, 0) is 69.9 Å². The van der Waals surface area contributed by atoms with Gasteiger partial charge in [0.25, 0.3) is 5.91 Å². The Labute approximate surface area is 219 Å². The van der Waals surface area contributed by atoms with Crippen LogP contribution >= 0.6 is 0 Å². The molecule has 2 aliphatic rings. The second kappa shape index (κ2) is 11.7. The molecule has 4 rings (SSSR count). The molecular weight excluding hydrogens is 503 g/mol. The molecule has 3 atom stereocenters. The van der Waals surface area contributed by atoms with Gasteiger partial charge < -0.3 is 25.0 Å². The molecule has 2 amide bonds. The number of carbonyl (C=O) groups is 2. The van der Waals surface area contributed by atoms with Crippen LogP contribution in [0.5, 0.6) is 0 Å². The van der Waals surface area contributed by atoms with Crippen LogP contribution in [0.2, 0.25) is 0 Å². The molecular formula is C26H34F3N5O4. The van der Waals surface area contributed by atoms with Gasteiger partial charge in [-0.2, -0.15) is 18.3 Å². The maximum atomic E-state index is 13.5. The summed E-state index contributed by atoms with van der Waals surface area (Å²) in [4.78, 5) is 26.7. The zero-order chi connectivity index (χ0) is 27.4. The van der Waals surface area contributed by atoms with E-state index in [4.69, 9.17) is 9.84 Å². The van der Waals surface area contributed by atoms with Crippen molar-refractivity contribution in [3.63, 3.8) is 0 Å². The van der Waals surface area contributed by atoms with E-state index >= 15 is 0 Å². The van der Waals surface area contributed by atoms with E-state index in [1.165, 1.54) is 19.2 Å². The Hall–Kier alpha value is -3.12. The third kappa shape index (κ3) is 6.65. The fourth-order valence-corrected chi connectivity index (χ4v) is 4.66. The fraction of sp³-hybridized carbons (Fsp3) is 0.577. The van der Waals surface area contributed by atoms with Gasteiger partial charge in [0.1, 0.15) is 6.10 Å². The van der Waals surface area contributed by atoms with Crippen LogP contribution < -0.4 is 10.6 Å². The van der Waals surface area contributed by atoms with Gasteiger partial charge in [-0.3, -0.25) is 4.79 Å². The van der Waals surface area contributed by atoms with Gasteiger partial charge in [-0.15, -0.1) is 0 Å². The summed E-state index contributed by atoms with van der Waals surface area (Å²) in [5.41, 5.74) is 1.13. The predicted octanol–water partition coefficient (Wildman–Crippen LogP) is 3.61. The summed E-state index contributed by atoms with van der Waals surface area (Å²) in [5, 5.41) is 10.6. The van der Waals surface area contributed by atoms with E-state index in [2.05, 4.69) is 15.4 Å². The minimum Gasteiger partial charge on any atom is -0.453 e. The number of methoxy groups -OCH3 is 1. The van der Waals surface area contributed by atoms with Crippen molar-refractivity contribution in [2.24, 2.45) is 0 Å². The minimum atomic E-state index is -4.44. The van der Waals surface area contributed by atoms with E-state index in [1.807, 2.05) is 24.8 Å². The normalized spacial score (nSPS) is 20.6. The van der Waals surface area contributed by atoms with Crippen molar-refractivity contribution in [2.75, 3.05) is 26.7 Å². The first-order chi connectivity index (χ1) is 18.1. The number of amides is 2. The minimum absolute atomic E-state index is 0.0712. The van der Waals surface area contributed by atoms with Crippen molar-refractivity contribution in [3.8, 4) is 5.69 Å². The summed E-state index contributed by atoms with van der Waals surface area (Å²) in [6.07, 6.45) is -2.78. The van der Waals surface area contributed by atoms with Gasteiger partial charge in [-0.25, -0.2) is 9.48 Å². The zero-order valence-electron chi connectivity index (χ0n) is 21.8. The highest BCUT2D eigenvalue weighted by Crippen LogP contribution is 2.36. The second-order valence-corrected chi connectivity index (χ2v) is 9.79. The quantitative estimate of drug-likeness (QED) is 0.475. The van der Waals surface area contributed by atoms with E-state index in [1.54, 1.807) is 4.68 Å². The topological polar surface area (TPSA) is 97.7 Å². The molecule has 0 bridgehead atoms. The number of rotatable bonds is 9. The highest BCUT2D eigenvalue weighted by Gasteiger charge is 2.41. The Morgan fingerprint density at radius 2 is 1.97 bits per heavy atom. The van der Waals surface area contributed by atoms with Gasteiger partial charge in [0, 0.05) is 31.4 Å². The number of carbonyl (C=O) groups excluding carboxylic acids is 2. The smallest absolute Gasteiger partial charge is 0.416 e. The number of nitrogens with zero attached hydrogens (tertiary/aromatic N) is 3. The number of ether oxygens (including phenoxy) is 2. The third-order valence-corrected chi connectivity index (χ3v) is 6.78. The number of benzene rings is 1. The molecule has 12 heteroatoms. The number of alkyl carbamates (subject to hydrolysis) is 1. The Kier molecular flexibility index (Phi) is 8.61. The van der Waals surface area contributed by atoms with E-state index in [-0.39, 0.29) is 24.1 Å². The Bertz CT molecular complexity index is 1120. The lowest BCUT2D eigenvalue weighted by atomic mass is 10.1. The Morgan fingerprint density at radius 3 is 2.58 bits per heavy atom. The lowest BCUT2D eigenvalue weighted by molar-refractivity contribution is -0.152. The maximum Gasteiger partial charge on any atom is 0.416 e. The highest BCUT2D eigenvalue weighted by atomic mass is 19.4. The lowest BCUT2D eigenvalue weighted by Crippen LogP contribution is -2.53. The molecule has 1 aliphatic heterocycles. The lowest BCUT2D eigenvalue weighted by Gasteiger charge is -2.35. The number of halogens is 3. The van der Waals surface area contributed by atoms with E-state index in [9.17, 15) is 22.8 Å². The van der Waals surface area contributed by atoms with Crippen LogP contribution in [0.4, 0.5) is 18.0 Å². The standard InChI is InChI=1S/C26H34F3N5O4/c1-16-14-30-15-23(38-16)24(35)33(19-10-11-19)17(2)22-13-21(5-4-12-31-25(36)37-3)34(32-22)20-8-6-18(7-9-20)26(27,28)29/h6-9,13,16-17,19,23,30H,4-5,10-12,14-15H2,1-3H3,(H,31,36)/t16-,17-,23-/m1/s1. The molecule has 1 aromatic carbocycles. The fourth-order valence-electron chi connectivity index (χ4n) is 4.66. The zero-order valence-corrected chi connectivity index (χ0v) is 21.8. The first-order valence-corrected chi connectivity index (χ1v) is 12.8. The average Bonchev–Trinajstić information content (AvgIpc) is 3.63. The van der Waals surface area contributed by atoms with E-state index in [0.717, 1.165) is 30.7 Å². The molecule has 1 aliphatic carbocycles. The van der Waals surface area contributed by atoms with Crippen molar-refractivity contribution < 1.29 is 32.2 Å². The van der Waals surface area contributed by atoms with E-state index < -0.39 is 23.9 Å². The van der Waals surface area contributed by atoms with Crippen molar-refractivity contribution >= 4 is 12.0 Å². The number of hydrogen-bond donors (Lipinski definition) is 2. The van der Waals surface area contributed by atoms with Gasteiger partial charge >= 0.3 is 12.3 Å². The van der Waals surface area contributed by atoms with Crippen LogP contribution in [-0.2, 0) is 26.9 Å². The SMILES string of the molecule is COC(=O)NCCCc1cc([C@@H](C)N(C(=O)[C@H]2CNC[C@@H](C)O2)C2CC2)nn1-c1ccc(C(F)(F)F)cc1. The molecule has 1 aromatic heterocycles. The molecule has 2 aromatic rings. The monoisotopic (exact) mass is 537 g/mol. The molecule has 0 radical (unpaired) electrons. The number of aromatic nitrogens is 2. The number of alkyl halides is 3. The largest absolute Gasteiger partial charge is 0.453 e. The van der Waals surface area contributed by atoms with Crippen LogP contribution in [0.3, 0.4) is 0 Å². The Morgan fingerprint density at radius 1 is 1.26 bits per heavy atom. The van der Waals surface area contributed by atoms with Gasteiger partial charge in [0.15, 0.2) is 0 Å². The van der Waals surface area contributed by atoms with Gasteiger partial charge in [0.2, 0.25) is 0 Å². The van der Waals surface area contributed by atoms with Crippen LogP contribution in [-0.4, -0.2) is 71.7 Å². The number of hydrogen-bond acceptors (Lipinski definition) is 6. The van der Waals surface area contributed by atoms with Crippen molar-refractivity contribution in [1.29, 1.82) is 0 Å². The van der Waals surface area contributed by atoms with Crippen LogP contribution in [0.1, 0.15) is 56.1 Å². The first-order valence-electron chi connectivity index (χ1n) is 12.8. The summed E-state index contributed by atoms with van der Waals surface area (Å²) in [5.74, 6) is -0.0908. The first kappa shape index (κ1) is 27.9. The number of aryl methyl sites for hydroxylation is 1. The second-order valence-electron chi connectivity index (χ2n) is 9.79. The summed E-state index contributed by atoms with van der Waals surface area (Å²) in [6, 6.07) is 6.43. The van der Waals surface area contributed by atoms with Crippen molar-refractivity contribution in [2.45, 2.75) is 70.0 Å². The molecule has 1 saturated carbocycles. The number of morpholine rings is 1. The van der Waals surface area contributed by atoms with Gasteiger partial charge in [0.05, 0.1) is 36.2 Å². The summed E-state index contributed by atoms with van der Waals surface area (Å²) >= 11 is 0.